The minimum absolute atomic E-state index is 0.181. The lowest BCUT2D eigenvalue weighted by atomic mass is 9.79. The molecule has 2 nitrogen and oxygen atoms in total. The lowest BCUT2D eigenvalue weighted by Gasteiger charge is -2.24. The van der Waals surface area contributed by atoms with Crippen molar-refractivity contribution in [3.05, 3.63) is 181 Å². The quantitative estimate of drug-likeness (QED) is 0.172. The van der Waals surface area contributed by atoms with E-state index in [9.17, 15) is 0 Å². The fourth-order valence-corrected chi connectivity index (χ4v) is 9.94. The number of hydrogen-bond donors (Lipinski definition) is 0. The highest BCUT2D eigenvalue weighted by atomic mass is 14.9. The summed E-state index contributed by atoms with van der Waals surface area (Å²) in [5, 5.41) is 15.2. The molecule has 0 radical (unpaired) electrons. The van der Waals surface area contributed by atoms with E-state index in [2.05, 4.69) is 184 Å². The molecule has 0 saturated heterocycles. The molecule has 0 aliphatic heterocycles. The van der Waals surface area contributed by atoms with Gasteiger partial charge in [0.1, 0.15) is 0 Å². The Kier molecular flexibility index (Phi) is 6.15. The van der Waals surface area contributed by atoms with Gasteiger partial charge in [-0.25, -0.2) is 9.97 Å². The molecule has 12 rings (SSSR count). The Labute approximate surface area is 318 Å². The number of hydrogen-bond acceptors (Lipinski definition) is 2. The Hall–Kier alpha value is -6.90. The molecule has 1 aliphatic rings. The van der Waals surface area contributed by atoms with Crippen LogP contribution in [0.2, 0.25) is 0 Å². The molecule has 0 amide bonds. The molecule has 1 aliphatic carbocycles. The van der Waals surface area contributed by atoms with Crippen molar-refractivity contribution in [2.45, 2.75) is 19.3 Å². The van der Waals surface area contributed by atoms with Gasteiger partial charge in [0, 0.05) is 22.1 Å². The van der Waals surface area contributed by atoms with Crippen LogP contribution in [-0.2, 0) is 5.41 Å². The topological polar surface area (TPSA) is 25.8 Å². The summed E-state index contributed by atoms with van der Waals surface area (Å²) in [5.41, 5.74) is 10.2. The molecule has 256 valence electrons. The van der Waals surface area contributed by atoms with Gasteiger partial charge >= 0.3 is 0 Å². The van der Waals surface area contributed by atoms with E-state index in [1.165, 1.54) is 86.9 Å². The highest BCUT2D eigenvalue weighted by Crippen LogP contribution is 2.52. The van der Waals surface area contributed by atoms with E-state index >= 15 is 0 Å². The fourth-order valence-electron chi connectivity index (χ4n) is 9.94. The number of aromatic nitrogens is 2. The molecular formula is C53H34N2. The van der Waals surface area contributed by atoms with Gasteiger partial charge in [0.25, 0.3) is 0 Å². The zero-order valence-electron chi connectivity index (χ0n) is 30.6. The highest BCUT2D eigenvalue weighted by Gasteiger charge is 2.37. The van der Waals surface area contributed by atoms with E-state index in [-0.39, 0.29) is 5.41 Å². The second-order valence-corrected chi connectivity index (χ2v) is 15.7. The summed E-state index contributed by atoms with van der Waals surface area (Å²) >= 11 is 0. The molecule has 0 N–H and O–H groups in total. The van der Waals surface area contributed by atoms with Gasteiger partial charge in [-0.05, 0) is 105 Å². The van der Waals surface area contributed by atoms with Crippen molar-refractivity contribution in [3.63, 3.8) is 0 Å². The van der Waals surface area contributed by atoms with E-state index in [4.69, 9.17) is 9.97 Å². The summed E-state index contributed by atoms with van der Waals surface area (Å²) in [5.74, 6) is 0.725. The first-order valence-electron chi connectivity index (χ1n) is 19.2. The monoisotopic (exact) mass is 698 g/mol. The summed E-state index contributed by atoms with van der Waals surface area (Å²) in [6.07, 6.45) is 0. The Morgan fingerprint density at radius 1 is 0.364 bits per heavy atom. The van der Waals surface area contributed by atoms with Gasteiger partial charge in [0.15, 0.2) is 5.82 Å². The van der Waals surface area contributed by atoms with Crippen LogP contribution in [0, 0.1) is 0 Å². The number of rotatable bonds is 3. The predicted molar refractivity (Wildman–Crippen MR) is 232 cm³/mol. The molecule has 0 unspecified atom stereocenters. The lowest BCUT2D eigenvalue weighted by Crippen LogP contribution is -2.16. The van der Waals surface area contributed by atoms with Crippen LogP contribution < -0.4 is 0 Å². The molecule has 0 atom stereocenters. The molecule has 0 saturated carbocycles. The summed E-state index contributed by atoms with van der Waals surface area (Å²) < 4.78 is 0. The van der Waals surface area contributed by atoms with Crippen molar-refractivity contribution >= 4 is 64.6 Å². The fraction of sp³-hybridized carbons (Fsp3) is 0.0566. The SMILES string of the molecule is CC1(C)c2ccccc2-c2cccc(-c3cc(-c4cc5ccc6cccc7c8cccc9ccc%10cccc(c(c4)c5c67)c%10c98)nc(-c4ccccc4)n3)c21. The van der Waals surface area contributed by atoms with Crippen LogP contribution >= 0.6 is 0 Å². The van der Waals surface area contributed by atoms with E-state index in [0.717, 1.165) is 33.9 Å². The maximum Gasteiger partial charge on any atom is 0.160 e. The lowest BCUT2D eigenvalue weighted by molar-refractivity contribution is 0.662. The molecule has 0 bridgehead atoms. The van der Waals surface area contributed by atoms with Crippen molar-refractivity contribution < 1.29 is 0 Å². The average molecular weight is 699 g/mol. The predicted octanol–water partition coefficient (Wildman–Crippen LogP) is 14.1. The second kappa shape index (κ2) is 11.1. The molecule has 1 aromatic heterocycles. The van der Waals surface area contributed by atoms with Crippen molar-refractivity contribution in [2.75, 3.05) is 0 Å². The van der Waals surface area contributed by atoms with E-state index < -0.39 is 0 Å². The minimum atomic E-state index is -0.181. The van der Waals surface area contributed by atoms with Crippen LogP contribution in [0.1, 0.15) is 25.0 Å². The summed E-state index contributed by atoms with van der Waals surface area (Å²) in [7, 11) is 0. The van der Waals surface area contributed by atoms with Crippen LogP contribution in [0.3, 0.4) is 0 Å². The first-order chi connectivity index (χ1) is 27.0. The van der Waals surface area contributed by atoms with Crippen LogP contribution in [0.4, 0.5) is 0 Å². The van der Waals surface area contributed by atoms with Crippen LogP contribution in [0.25, 0.3) is 110 Å². The Bertz CT molecular complexity index is 3390. The van der Waals surface area contributed by atoms with Crippen LogP contribution in [0.5, 0.6) is 0 Å². The van der Waals surface area contributed by atoms with Gasteiger partial charge in [-0.3, -0.25) is 0 Å². The van der Waals surface area contributed by atoms with Gasteiger partial charge in [-0.15, -0.1) is 0 Å². The van der Waals surface area contributed by atoms with Gasteiger partial charge in [-0.1, -0.05) is 166 Å². The first-order valence-corrected chi connectivity index (χ1v) is 19.2. The summed E-state index contributed by atoms with van der Waals surface area (Å²) in [6.45, 7) is 4.69. The van der Waals surface area contributed by atoms with Crippen molar-refractivity contribution in [2.24, 2.45) is 0 Å². The van der Waals surface area contributed by atoms with Gasteiger partial charge in [0.2, 0.25) is 0 Å². The third-order valence-electron chi connectivity index (χ3n) is 12.3. The number of nitrogens with zero attached hydrogens (tertiary/aromatic N) is 2. The Balaban J connectivity index is 1.21. The standard InChI is InChI=1S/C53H34N2/c1-53(2)44-23-7-6-17-37(44)41-21-11-22-42(51(41)53)46-30-45(54-52(55-46)34-12-4-3-5-13-34)36-28-35-27-26-33-15-9-19-39-38-18-8-14-31-24-25-32-16-10-20-40(49(32)47(31)38)43(29-36)50(35)48(33)39/h3-30H,1-2H3. The number of benzene rings is 9. The van der Waals surface area contributed by atoms with Crippen molar-refractivity contribution in [3.8, 4) is 45.0 Å². The van der Waals surface area contributed by atoms with Gasteiger partial charge in [-0.2, -0.15) is 0 Å². The third kappa shape index (κ3) is 4.25. The molecule has 2 heteroatoms. The maximum absolute atomic E-state index is 5.38. The molecule has 10 aromatic carbocycles. The van der Waals surface area contributed by atoms with E-state index in [1.807, 2.05) is 0 Å². The average Bonchev–Trinajstić information content (AvgIpc) is 3.48. The third-order valence-corrected chi connectivity index (χ3v) is 12.3. The molecule has 55 heavy (non-hydrogen) atoms. The largest absolute Gasteiger partial charge is 0.228 e. The summed E-state index contributed by atoms with van der Waals surface area (Å²) in [6, 6.07) is 62.4. The Morgan fingerprint density at radius 3 is 1.58 bits per heavy atom. The van der Waals surface area contributed by atoms with Crippen LogP contribution in [-0.4, -0.2) is 9.97 Å². The molecule has 11 aromatic rings. The second-order valence-electron chi connectivity index (χ2n) is 15.7. The molecule has 0 spiro atoms. The first kappa shape index (κ1) is 30.6. The van der Waals surface area contributed by atoms with Crippen LogP contribution in [0.15, 0.2) is 170 Å². The van der Waals surface area contributed by atoms with E-state index in [1.54, 1.807) is 0 Å². The van der Waals surface area contributed by atoms with Crippen molar-refractivity contribution in [1.29, 1.82) is 0 Å². The maximum atomic E-state index is 5.38. The summed E-state index contributed by atoms with van der Waals surface area (Å²) in [4.78, 5) is 10.7. The van der Waals surface area contributed by atoms with Gasteiger partial charge in [0.05, 0.1) is 11.4 Å². The van der Waals surface area contributed by atoms with Crippen molar-refractivity contribution in [1.82, 2.24) is 9.97 Å². The molecule has 0 fully saturated rings. The van der Waals surface area contributed by atoms with Gasteiger partial charge < -0.3 is 0 Å². The smallest absolute Gasteiger partial charge is 0.160 e. The molecular weight excluding hydrogens is 665 g/mol. The molecule has 1 heterocycles. The zero-order chi connectivity index (χ0) is 36.4. The Morgan fingerprint density at radius 2 is 0.891 bits per heavy atom. The zero-order valence-corrected chi connectivity index (χ0v) is 30.6. The normalized spacial score (nSPS) is 13.4. The number of fused-ring (bicyclic) bond motifs is 5. The van der Waals surface area contributed by atoms with E-state index in [0.29, 0.717) is 0 Å². The highest BCUT2D eigenvalue weighted by molar-refractivity contribution is 6.37. The minimum Gasteiger partial charge on any atom is -0.228 e.